The van der Waals surface area contributed by atoms with Gasteiger partial charge in [0.25, 0.3) is 0 Å². The Bertz CT molecular complexity index is 917. The van der Waals surface area contributed by atoms with Crippen molar-refractivity contribution in [1.29, 1.82) is 0 Å². The monoisotopic (exact) mass is 407 g/mol. The molecule has 1 unspecified atom stereocenters. The summed E-state index contributed by atoms with van der Waals surface area (Å²) in [6.07, 6.45) is -4.57. The maximum atomic E-state index is 12.9. The molecule has 0 radical (unpaired) electrons. The first-order valence-electron chi connectivity index (χ1n) is 6.94. The average molecular weight is 408 g/mol. The van der Waals surface area contributed by atoms with Crippen molar-refractivity contribution in [2.45, 2.75) is 17.4 Å². The number of hydrogen-bond acceptors (Lipinski definition) is 4. The fourth-order valence-electron chi connectivity index (χ4n) is 2.18. The second-order valence-corrected chi connectivity index (χ2v) is 6.90. The molecule has 2 heterocycles. The molecule has 2 aromatic heterocycles. The normalized spacial score (nSPS) is 13.4. The average Bonchev–Trinajstić information content (AvgIpc) is 2.96. The van der Waals surface area contributed by atoms with Gasteiger partial charge in [-0.3, -0.25) is 4.40 Å². The Morgan fingerprint density at radius 3 is 2.56 bits per heavy atom. The molecule has 0 amide bonds. The number of aliphatic hydroxyl groups excluding tert-OH is 1. The minimum atomic E-state index is -4.54. The predicted octanol–water partition coefficient (Wildman–Crippen LogP) is 4.88. The Kier molecular flexibility index (Phi) is 5.15. The summed E-state index contributed by atoms with van der Waals surface area (Å²) in [5, 5.41) is 18.3. The van der Waals surface area contributed by atoms with Crippen molar-refractivity contribution in [2.24, 2.45) is 0 Å². The maximum Gasteiger partial charge on any atom is 0.417 e. The molecule has 132 valence electrons. The summed E-state index contributed by atoms with van der Waals surface area (Å²) in [5.74, 6) is 0.137. The number of rotatable bonds is 4. The molecule has 0 aliphatic rings. The number of nitrogens with zero attached hydrogens (tertiary/aromatic N) is 3. The highest BCUT2D eigenvalue weighted by molar-refractivity contribution is 7.99. The molecule has 0 aliphatic carbocycles. The number of alkyl halides is 3. The van der Waals surface area contributed by atoms with Crippen LogP contribution in [0.5, 0.6) is 0 Å². The van der Waals surface area contributed by atoms with Crippen LogP contribution in [0, 0.1) is 0 Å². The van der Waals surface area contributed by atoms with E-state index < -0.39 is 17.8 Å². The van der Waals surface area contributed by atoms with Gasteiger partial charge in [0, 0.05) is 17.0 Å². The van der Waals surface area contributed by atoms with Crippen LogP contribution in [-0.4, -0.2) is 25.5 Å². The lowest BCUT2D eigenvalue weighted by Gasteiger charge is -2.12. The standard InChI is InChI=1S/C15H10Cl2F3N3OS/c16-10-4-2-1-3-9(10)12(24)7-25-14-22-21-13-11(17)5-8(6-23(13)14)15(18,19)20/h1-6,12,24H,7H2. The van der Waals surface area contributed by atoms with Crippen LogP contribution in [0.25, 0.3) is 5.65 Å². The van der Waals surface area contributed by atoms with Crippen LogP contribution >= 0.6 is 35.0 Å². The van der Waals surface area contributed by atoms with Crippen LogP contribution in [-0.2, 0) is 6.18 Å². The van der Waals surface area contributed by atoms with Crippen LogP contribution < -0.4 is 0 Å². The predicted molar refractivity (Wildman–Crippen MR) is 90.1 cm³/mol. The summed E-state index contributed by atoms with van der Waals surface area (Å²) in [6, 6.07) is 7.59. The minimum absolute atomic E-state index is 0.115. The Balaban J connectivity index is 1.87. The van der Waals surface area contributed by atoms with E-state index in [2.05, 4.69) is 10.2 Å². The van der Waals surface area contributed by atoms with E-state index in [1.54, 1.807) is 24.3 Å². The van der Waals surface area contributed by atoms with Crippen molar-refractivity contribution in [1.82, 2.24) is 14.6 Å². The molecule has 0 saturated carbocycles. The third-order valence-electron chi connectivity index (χ3n) is 3.39. The van der Waals surface area contributed by atoms with Gasteiger partial charge in [0.15, 0.2) is 10.8 Å². The smallest absolute Gasteiger partial charge is 0.387 e. The van der Waals surface area contributed by atoms with E-state index in [9.17, 15) is 18.3 Å². The molecule has 10 heteroatoms. The van der Waals surface area contributed by atoms with E-state index in [0.29, 0.717) is 10.6 Å². The molecule has 1 aromatic carbocycles. The number of halogens is 5. The first kappa shape index (κ1) is 18.3. The lowest BCUT2D eigenvalue weighted by Crippen LogP contribution is -2.07. The first-order chi connectivity index (χ1) is 11.8. The van der Waals surface area contributed by atoms with Crippen LogP contribution in [0.15, 0.2) is 41.7 Å². The van der Waals surface area contributed by atoms with Crippen molar-refractivity contribution < 1.29 is 18.3 Å². The zero-order valence-electron chi connectivity index (χ0n) is 12.3. The number of thioether (sulfide) groups is 1. The van der Waals surface area contributed by atoms with Crippen LogP contribution in [0.1, 0.15) is 17.2 Å². The van der Waals surface area contributed by atoms with Gasteiger partial charge in [-0.25, -0.2) is 0 Å². The lowest BCUT2D eigenvalue weighted by atomic mass is 10.1. The Morgan fingerprint density at radius 2 is 1.88 bits per heavy atom. The Labute approximate surface area is 154 Å². The fourth-order valence-corrected chi connectivity index (χ4v) is 3.55. The van der Waals surface area contributed by atoms with Gasteiger partial charge < -0.3 is 5.11 Å². The molecule has 0 spiro atoms. The molecule has 1 atom stereocenters. The zero-order valence-corrected chi connectivity index (χ0v) is 14.7. The van der Waals surface area contributed by atoms with Crippen molar-refractivity contribution >= 4 is 40.6 Å². The lowest BCUT2D eigenvalue weighted by molar-refractivity contribution is -0.137. The molecule has 25 heavy (non-hydrogen) atoms. The molecular formula is C15H10Cl2F3N3OS. The molecular weight excluding hydrogens is 398 g/mol. The van der Waals surface area contributed by atoms with Gasteiger partial charge >= 0.3 is 6.18 Å². The van der Waals surface area contributed by atoms with E-state index in [0.717, 1.165) is 28.4 Å². The molecule has 4 nitrogen and oxygen atoms in total. The number of aromatic nitrogens is 3. The fraction of sp³-hybridized carbons (Fsp3) is 0.200. The van der Waals surface area contributed by atoms with Gasteiger partial charge in [0.1, 0.15) is 0 Å². The molecule has 3 aromatic rings. The van der Waals surface area contributed by atoms with Crippen LogP contribution in [0.3, 0.4) is 0 Å². The van der Waals surface area contributed by atoms with E-state index in [-0.39, 0.29) is 21.6 Å². The summed E-state index contributed by atoms with van der Waals surface area (Å²) >= 11 is 12.9. The summed E-state index contributed by atoms with van der Waals surface area (Å²) in [7, 11) is 0. The second kappa shape index (κ2) is 7.03. The van der Waals surface area contributed by atoms with E-state index in [1.165, 1.54) is 0 Å². The van der Waals surface area contributed by atoms with Gasteiger partial charge in [-0.1, -0.05) is 53.2 Å². The summed E-state index contributed by atoms with van der Waals surface area (Å²) in [5.41, 5.74) is -0.262. The minimum Gasteiger partial charge on any atom is -0.387 e. The van der Waals surface area contributed by atoms with Gasteiger partial charge in [-0.2, -0.15) is 13.2 Å². The topological polar surface area (TPSA) is 50.4 Å². The molecule has 0 fully saturated rings. The van der Waals surface area contributed by atoms with Crippen LogP contribution in [0.2, 0.25) is 10.0 Å². The van der Waals surface area contributed by atoms with Crippen LogP contribution in [0.4, 0.5) is 13.2 Å². The highest BCUT2D eigenvalue weighted by Crippen LogP contribution is 2.34. The van der Waals surface area contributed by atoms with Crippen molar-refractivity contribution in [3.8, 4) is 0 Å². The first-order valence-corrected chi connectivity index (χ1v) is 8.68. The van der Waals surface area contributed by atoms with E-state index in [1.807, 2.05) is 0 Å². The zero-order chi connectivity index (χ0) is 18.2. The molecule has 0 bridgehead atoms. The molecule has 0 saturated heterocycles. The Morgan fingerprint density at radius 1 is 1.16 bits per heavy atom. The number of fused-ring (bicyclic) bond motifs is 1. The SMILES string of the molecule is OC(CSc1nnc2c(Cl)cc(C(F)(F)F)cn12)c1ccccc1Cl. The number of aliphatic hydroxyl groups is 1. The third-order valence-corrected chi connectivity index (χ3v) is 5.03. The van der Waals surface area contributed by atoms with E-state index in [4.69, 9.17) is 23.2 Å². The molecule has 3 rings (SSSR count). The second-order valence-electron chi connectivity index (χ2n) is 5.10. The molecule has 0 aliphatic heterocycles. The van der Waals surface area contributed by atoms with Crippen molar-refractivity contribution in [3.63, 3.8) is 0 Å². The van der Waals surface area contributed by atoms with E-state index >= 15 is 0 Å². The third kappa shape index (κ3) is 3.87. The quantitative estimate of drug-likeness (QED) is 0.626. The van der Waals surface area contributed by atoms with Crippen molar-refractivity contribution in [3.05, 3.63) is 57.7 Å². The number of benzene rings is 1. The highest BCUT2D eigenvalue weighted by atomic mass is 35.5. The summed E-state index contributed by atoms with van der Waals surface area (Å²) < 4.78 is 40.0. The largest absolute Gasteiger partial charge is 0.417 e. The van der Waals surface area contributed by atoms with Gasteiger partial charge in [0.2, 0.25) is 0 Å². The number of hydrogen-bond donors (Lipinski definition) is 1. The van der Waals surface area contributed by atoms with Gasteiger partial charge in [-0.15, -0.1) is 10.2 Å². The van der Waals surface area contributed by atoms with Crippen molar-refractivity contribution in [2.75, 3.05) is 5.75 Å². The summed E-state index contributed by atoms with van der Waals surface area (Å²) in [4.78, 5) is 0. The number of pyridine rings is 1. The summed E-state index contributed by atoms with van der Waals surface area (Å²) in [6.45, 7) is 0. The maximum absolute atomic E-state index is 12.9. The molecule has 1 N–H and O–H groups in total. The van der Waals surface area contributed by atoms with Gasteiger partial charge in [-0.05, 0) is 17.7 Å². The Hall–Kier alpha value is -1.48. The van der Waals surface area contributed by atoms with Gasteiger partial charge in [0.05, 0.1) is 16.7 Å². The highest BCUT2D eigenvalue weighted by Gasteiger charge is 2.32.